The van der Waals surface area contributed by atoms with Gasteiger partial charge in [-0.2, -0.15) is 0 Å². The predicted molar refractivity (Wildman–Crippen MR) is 114 cm³/mol. The van der Waals surface area contributed by atoms with Crippen molar-refractivity contribution in [2.75, 3.05) is 31.3 Å². The second-order valence-electron chi connectivity index (χ2n) is 6.21. The van der Waals surface area contributed by atoms with E-state index in [0.29, 0.717) is 42.5 Å². The van der Waals surface area contributed by atoms with Gasteiger partial charge in [-0.3, -0.25) is 4.98 Å². The van der Waals surface area contributed by atoms with Crippen molar-refractivity contribution in [3.63, 3.8) is 0 Å². The molecule has 0 atom stereocenters. The molecule has 0 amide bonds. The molecule has 1 aromatic carbocycles. The topological polar surface area (TPSA) is 109 Å². The number of nitrogen functional groups attached to an aromatic ring is 1. The molecule has 0 aliphatic carbocycles. The summed E-state index contributed by atoms with van der Waals surface area (Å²) in [4.78, 5) is 8.92. The highest BCUT2D eigenvalue weighted by molar-refractivity contribution is 6.07. The van der Waals surface area contributed by atoms with Gasteiger partial charge in [0, 0.05) is 49.8 Å². The lowest BCUT2D eigenvalue weighted by atomic mass is 10.1. The van der Waals surface area contributed by atoms with E-state index in [2.05, 4.69) is 26.7 Å². The fraction of sp³-hybridized carbons (Fsp3) is 0.190. The van der Waals surface area contributed by atoms with E-state index in [1.165, 1.54) is 6.21 Å². The molecule has 0 bridgehead atoms. The van der Waals surface area contributed by atoms with Crippen LogP contribution in [0.5, 0.6) is 0 Å². The van der Waals surface area contributed by atoms with Gasteiger partial charge >= 0.3 is 0 Å². The molecule has 2 aromatic heterocycles. The van der Waals surface area contributed by atoms with E-state index < -0.39 is 0 Å². The molecule has 0 unspecified atom stereocenters. The summed E-state index contributed by atoms with van der Waals surface area (Å²) in [6, 6.07) is 13.7. The standard InChI is InChI=1S/C21H24N6O/c1-28-10-9-24-14-17(12-22)20-7-5-18(23)21(27-20)26-13-15-4-6-19-16(11-15)3-2-8-25-19/h2-8,11-12,14,22,24H,9-10,13,23H2,1H3,(H,26,27)/b17-14+,22-12?. The first-order valence-electron chi connectivity index (χ1n) is 8.98. The number of anilines is 2. The van der Waals surface area contributed by atoms with Gasteiger partial charge in [-0.15, -0.1) is 0 Å². The van der Waals surface area contributed by atoms with Gasteiger partial charge in [0.15, 0.2) is 0 Å². The first kappa shape index (κ1) is 19.3. The van der Waals surface area contributed by atoms with E-state index in [9.17, 15) is 0 Å². The molecule has 7 heteroatoms. The first-order valence-corrected chi connectivity index (χ1v) is 8.98. The number of ether oxygens (including phenoxy) is 1. The zero-order valence-electron chi connectivity index (χ0n) is 15.8. The zero-order chi connectivity index (χ0) is 19.8. The minimum Gasteiger partial charge on any atom is -0.396 e. The Morgan fingerprint density at radius 1 is 1.25 bits per heavy atom. The summed E-state index contributed by atoms with van der Waals surface area (Å²) in [6.45, 7) is 1.83. The zero-order valence-corrected chi connectivity index (χ0v) is 15.8. The Bertz CT molecular complexity index is 986. The van der Waals surface area contributed by atoms with Gasteiger partial charge in [-0.25, -0.2) is 4.98 Å². The van der Waals surface area contributed by atoms with Crippen molar-refractivity contribution in [2.24, 2.45) is 0 Å². The summed E-state index contributed by atoms with van der Waals surface area (Å²) in [6.07, 6.45) is 4.80. The monoisotopic (exact) mass is 376 g/mol. The fourth-order valence-corrected chi connectivity index (χ4v) is 2.73. The summed E-state index contributed by atoms with van der Waals surface area (Å²) >= 11 is 0. The van der Waals surface area contributed by atoms with E-state index in [4.69, 9.17) is 15.9 Å². The summed E-state index contributed by atoms with van der Waals surface area (Å²) in [5, 5.41) is 15.1. The number of hydrogen-bond donors (Lipinski definition) is 4. The summed E-state index contributed by atoms with van der Waals surface area (Å²) in [5.74, 6) is 0.591. The minimum atomic E-state index is 0.558. The molecule has 5 N–H and O–H groups in total. The molecule has 3 aromatic rings. The molecular formula is C21H24N6O. The Hall–Kier alpha value is -3.45. The van der Waals surface area contributed by atoms with Crippen molar-refractivity contribution in [1.29, 1.82) is 5.41 Å². The van der Waals surface area contributed by atoms with Crippen molar-refractivity contribution in [2.45, 2.75) is 6.54 Å². The van der Waals surface area contributed by atoms with Gasteiger partial charge in [0.2, 0.25) is 0 Å². The predicted octanol–water partition coefficient (Wildman–Crippen LogP) is 3.05. The molecule has 3 rings (SSSR count). The van der Waals surface area contributed by atoms with Gasteiger partial charge in [0.1, 0.15) is 5.82 Å². The number of fused-ring (bicyclic) bond motifs is 1. The largest absolute Gasteiger partial charge is 0.396 e. The number of nitrogens with zero attached hydrogens (tertiary/aromatic N) is 2. The minimum absolute atomic E-state index is 0.558. The van der Waals surface area contributed by atoms with Crippen LogP contribution >= 0.6 is 0 Å². The average molecular weight is 376 g/mol. The van der Waals surface area contributed by atoms with Crippen LogP contribution in [0.25, 0.3) is 16.5 Å². The number of rotatable bonds is 9. The van der Waals surface area contributed by atoms with Crippen LogP contribution < -0.4 is 16.4 Å². The Morgan fingerprint density at radius 2 is 2.14 bits per heavy atom. The average Bonchev–Trinajstić information content (AvgIpc) is 2.73. The number of nitrogens with two attached hydrogens (primary N) is 1. The van der Waals surface area contributed by atoms with E-state index in [-0.39, 0.29) is 0 Å². The van der Waals surface area contributed by atoms with Crippen molar-refractivity contribution in [3.8, 4) is 0 Å². The quantitative estimate of drug-likeness (QED) is 0.338. The van der Waals surface area contributed by atoms with Crippen LogP contribution in [0, 0.1) is 5.41 Å². The summed E-state index contributed by atoms with van der Waals surface area (Å²) in [5.41, 5.74) is 10.0. The molecule has 0 saturated heterocycles. The van der Waals surface area contributed by atoms with E-state index >= 15 is 0 Å². The number of pyridine rings is 2. The van der Waals surface area contributed by atoms with E-state index in [1.807, 2.05) is 24.3 Å². The van der Waals surface area contributed by atoms with Gasteiger partial charge < -0.3 is 26.5 Å². The van der Waals surface area contributed by atoms with E-state index in [1.54, 1.807) is 31.6 Å². The lowest BCUT2D eigenvalue weighted by Crippen LogP contribution is -2.13. The van der Waals surface area contributed by atoms with Crippen LogP contribution in [0.4, 0.5) is 11.5 Å². The van der Waals surface area contributed by atoms with Gasteiger partial charge in [-0.05, 0) is 35.9 Å². The third kappa shape index (κ3) is 4.83. The van der Waals surface area contributed by atoms with Gasteiger partial charge in [0.05, 0.1) is 23.5 Å². The highest BCUT2D eigenvalue weighted by Crippen LogP contribution is 2.21. The van der Waals surface area contributed by atoms with E-state index in [0.717, 1.165) is 16.5 Å². The first-order chi connectivity index (χ1) is 13.7. The molecule has 28 heavy (non-hydrogen) atoms. The highest BCUT2D eigenvalue weighted by atomic mass is 16.5. The van der Waals surface area contributed by atoms with Crippen LogP contribution in [0.3, 0.4) is 0 Å². The Labute approximate surface area is 164 Å². The van der Waals surface area contributed by atoms with Crippen molar-refractivity contribution < 1.29 is 4.74 Å². The van der Waals surface area contributed by atoms with Crippen molar-refractivity contribution in [3.05, 3.63) is 66.1 Å². The Morgan fingerprint density at radius 3 is 2.96 bits per heavy atom. The number of aromatic nitrogens is 2. The number of methoxy groups -OCH3 is 1. The van der Waals surface area contributed by atoms with Crippen molar-refractivity contribution in [1.82, 2.24) is 15.3 Å². The number of allylic oxidation sites excluding steroid dienone is 1. The van der Waals surface area contributed by atoms with Gasteiger partial charge in [0.25, 0.3) is 0 Å². The van der Waals surface area contributed by atoms with Crippen LogP contribution in [0.15, 0.2) is 54.9 Å². The molecule has 2 heterocycles. The highest BCUT2D eigenvalue weighted by Gasteiger charge is 2.07. The molecule has 0 aliphatic rings. The Kier molecular flexibility index (Phi) is 6.54. The third-order valence-corrected chi connectivity index (χ3v) is 4.21. The number of hydrogen-bond acceptors (Lipinski definition) is 7. The van der Waals surface area contributed by atoms with Gasteiger partial charge in [-0.1, -0.05) is 12.1 Å². The molecule has 0 saturated carbocycles. The summed E-state index contributed by atoms with van der Waals surface area (Å²) < 4.78 is 5.00. The SMILES string of the molecule is COCCN/C=C(\C=N)c1ccc(N)c(NCc2ccc3ncccc3c2)n1. The maximum atomic E-state index is 7.65. The second kappa shape index (κ2) is 9.48. The fourth-order valence-electron chi connectivity index (χ4n) is 2.73. The third-order valence-electron chi connectivity index (χ3n) is 4.21. The summed E-state index contributed by atoms with van der Waals surface area (Å²) in [7, 11) is 1.65. The lowest BCUT2D eigenvalue weighted by Gasteiger charge is -2.11. The second-order valence-corrected chi connectivity index (χ2v) is 6.21. The molecule has 0 spiro atoms. The molecular weight excluding hydrogens is 352 g/mol. The maximum Gasteiger partial charge on any atom is 0.150 e. The molecule has 144 valence electrons. The molecule has 0 radical (unpaired) electrons. The van der Waals surface area contributed by atoms with Crippen LogP contribution in [-0.4, -0.2) is 36.4 Å². The van der Waals surface area contributed by atoms with Crippen molar-refractivity contribution >= 4 is 34.2 Å². The number of nitrogens with one attached hydrogen (secondary N) is 3. The van der Waals surface area contributed by atoms with Crippen LogP contribution in [0.1, 0.15) is 11.3 Å². The normalized spacial score (nSPS) is 11.4. The lowest BCUT2D eigenvalue weighted by molar-refractivity contribution is 0.203. The molecule has 7 nitrogen and oxygen atoms in total. The number of benzene rings is 1. The maximum absolute atomic E-state index is 7.65. The smallest absolute Gasteiger partial charge is 0.150 e. The Balaban J connectivity index is 1.74. The van der Waals surface area contributed by atoms with Crippen LogP contribution in [0.2, 0.25) is 0 Å². The van der Waals surface area contributed by atoms with Crippen LogP contribution in [-0.2, 0) is 11.3 Å². The molecule has 0 aliphatic heterocycles. The molecule has 0 fully saturated rings.